The Kier molecular flexibility index (Phi) is 5.89. The number of amides is 1. The van der Waals surface area contributed by atoms with Crippen molar-refractivity contribution >= 4 is 63.5 Å². The number of carbonyl (C=O) groups excluding carboxylic acids is 1. The minimum Gasteiger partial charge on any atom is -0.322 e. The van der Waals surface area contributed by atoms with E-state index in [9.17, 15) is 4.79 Å². The van der Waals surface area contributed by atoms with Crippen molar-refractivity contribution in [1.29, 1.82) is 0 Å². The fourth-order valence-electron chi connectivity index (χ4n) is 1.89. The lowest BCUT2D eigenvalue weighted by atomic mass is 10.1. The number of aryl methyl sites for hydroxylation is 2. The first-order chi connectivity index (χ1) is 10.4. The van der Waals surface area contributed by atoms with Crippen LogP contribution < -0.4 is 5.32 Å². The summed E-state index contributed by atoms with van der Waals surface area (Å²) in [6.45, 7) is 3.98. The molecular weight excluding hydrogens is 432 g/mol. The Labute approximate surface area is 153 Å². The highest BCUT2D eigenvalue weighted by atomic mass is 127. The molecule has 0 unspecified atom stereocenters. The number of halogens is 3. The minimum atomic E-state index is -0.199. The van der Waals surface area contributed by atoms with Gasteiger partial charge < -0.3 is 5.32 Å². The molecule has 22 heavy (non-hydrogen) atoms. The first-order valence-corrected chi connectivity index (χ1v) is 8.41. The molecule has 0 heterocycles. The maximum Gasteiger partial charge on any atom is 0.248 e. The normalized spacial score (nSPS) is 11.0. The van der Waals surface area contributed by atoms with Crippen LogP contribution in [0.4, 0.5) is 5.69 Å². The average Bonchev–Trinajstić information content (AvgIpc) is 2.44. The van der Waals surface area contributed by atoms with E-state index in [0.717, 1.165) is 22.4 Å². The Morgan fingerprint density at radius 2 is 1.86 bits per heavy atom. The molecule has 5 heteroatoms. The Morgan fingerprint density at radius 1 is 1.14 bits per heavy atom. The minimum absolute atomic E-state index is 0.199. The fourth-order valence-corrected chi connectivity index (χ4v) is 2.99. The maximum atomic E-state index is 12.0. The third-order valence-corrected chi connectivity index (χ3v) is 4.86. The topological polar surface area (TPSA) is 29.1 Å². The predicted molar refractivity (Wildman–Crippen MR) is 103 cm³/mol. The zero-order valence-electron chi connectivity index (χ0n) is 12.1. The highest BCUT2D eigenvalue weighted by molar-refractivity contribution is 14.1. The van der Waals surface area contributed by atoms with E-state index >= 15 is 0 Å². The summed E-state index contributed by atoms with van der Waals surface area (Å²) < 4.78 is 1.18. The standard InChI is InChI=1S/C17H14Cl2INO/c1-10-8-16(11(2)7-15(10)20)21-17(22)6-4-12-3-5-13(18)9-14(12)19/h3-9H,1-2H3,(H,21,22)/b6-4+. The van der Waals surface area contributed by atoms with Crippen LogP contribution in [-0.4, -0.2) is 5.91 Å². The molecule has 1 N–H and O–H groups in total. The molecule has 2 rings (SSSR count). The van der Waals surface area contributed by atoms with Crippen LogP contribution in [-0.2, 0) is 4.79 Å². The van der Waals surface area contributed by atoms with E-state index in [1.54, 1.807) is 24.3 Å². The largest absolute Gasteiger partial charge is 0.322 e. The summed E-state index contributed by atoms with van der Waals surface area (Å²) >= 11 is 14.2. The summed E-state index contributed by atoms with van der Waals surface area (Å²) in [4.78, 5) is 12.0. The van der Waals surface area contributed by atoms with Gasteiger partial charge in [-0.15, -0.1) is 0 Å². The van der Waals surface area contributed by atoms with Crippen molar-refractivity contribution in [3.8, 4) is 0 Å². The lowest BCUT2D eigenvalue weighted by Crippen LogP contribution is -2.09. The molecule has 0 aliphatic carbocycles. The van der Waals surface area contributed by atoms with Crippen molar-refractivity contribution in [2.45, 2.75) is 13.8 Å². The van der Waals surface area contributed by atoms with Gasteiger partial charge in [0.15, 0.2) is 0 Å². The second-order valence-electron chi connectivity index (χ2n) is 4.90. The van der Waals surface area contributed by atoms with Gasteiger partial charge in [0.05, 0.1) is 0 Å². The van der Waals surface area contributed by atoms with Crippen LogP contribution in [0, 0.1) is 17.4 Å². The molecule has 0 fully saturated rings. The maximum absolute atomic E-state index is 12.0. The smallest absolute Gasteiger partial charge is 0.248 e. The summed E-state index contributed by atoms with van der Waals surface area (Å²) in [7, 11) is 0. The molecule has 0 bridgehead atoms. The summed E-state index contributed by atoms with van der Waals surface area (Å²) in [5, 5.41) is 3.96. The van der Waals surface area contributed by atoms with Crippen molar-refractivity contribution in [2.24, 2.45) is 0 Å². The lowest BCUT2D eigenvalue weighted by Gasteiger charge is -2.09. The molecule has 0 aliphatic rings. The molecule has 0 saturated heterocycles. The fraction of sp³-hybridized carbons (Fsp3) is 0.118. The highest BCUT2D eigenvalue weighted by Gasteiger charge is 2.05. The molecule has 0 aromatic heterocycles. The summed E-state index contributed by atoms with van der Waals surface area (Å²) in [5.41, 5.74) is 3.72. The molecule has 2 nitrogen and oxygen atoms in total. The van der Waals surface area contributed by atoms with Crippen LogP contribution in [0.3, 0.4) is 0 Å². The van der Waals surface area contributed by atoms with Crippen LogP contribution >= 0.6 is 45.8 Å². The van der Waals surface area contributed by atoms with E-state index in [1.165, 1.54) is 9.65 Å². The number of rotatable bonds is 3. The van der Waals surface area contributed by atoms with Crippen molar-refractivity contribution in [2.75, 3.05) is 5.32 Å². The summed E-state index contributed by atoms with van der Waals surface area (Å²) in [6, 6.07) is 9.17. The van der Waals surface area contributed by atoms with Crippen molar-refractivity contribution in [3.05, 3.63) is 66.7 Å². The van der Waals surface area contributed by atoms with Crippen LogP contribution in [0.2, 0.25) is 10.0 Å². The Balaban J connectivity index is 2.13. The molecule has 0 aliphatic heterocycles. The van der Waals surface area contributed by atoms with Crippen molar-refractivity contribution < 1.29 is 4.79 Å². The van der Waals surface area contributed by atoms with Gasteiger partial charge in [0.2, 0.25) is 5.91 Å². The second kappa shape index (κ2) is 7.49. The van der Waals surface area contributed by atoms with Gasteiger partial charge in [-0.25, -0.2) is 0 Å². The van der Waals surface area contributed by atoms with Crippen LogP contribution in [0.15, 0.2) is 36.4 Å². The van der Waals surface area contributed by atoms with Gasteiger partial charge in [0.25, 0.3) is 0 Å². The zero-order valence-corrected chi connectivity index (χ0v) is 15.8. The summed E-state index contributed by atoms with van der Waals surface area (Å²) in [6.07, 6.45) is 3.13. The van der Waals surface area contributed by atoms with Crippen molar-refractivity contribution in [1.82, 2.24) is 0 Å². The molecular formula is C17H14Cl2INO. The van der Waals surface area contributed by atoms with E-state index in [-0.39, 0.29) is 5.91 Å². The van der Waals surface area contributed by atoms with Gasteiger partial charge in [-0.3, -0.25) is 4.79 Å². The lowest BCUT2D eigenvalue weighted by molar-refractivity contribution is -0.111. The second-order valence-corrected chi connectivity index (χ2v) is 6.91. The Morgan fingerprint density at radius 3 is 2.55 bits per heavy atom. The Hall–Kier alpha value is -1.04. The molecule has 0 radical (unpaired) electrons. The molecule has 114 valence electrons. The molecule has 0 atom stereocenters. The van der Waals surface area contributed by atoms with Gasteiger partial charge in [-0.05, 0) is 83.5 Å². The van der Waals surface area contributed by atoms with Crippen molar-refractivity contribution in [3.63, 3.8) is 0 Å². The van der Waals surface area contributed by atoms with E-state index in [1.807, 2.05) is 26.0 Å². The third kappa shape index (κ3) is 4.48. The number of hydrogen-bond donors (Lipinski definition) is 1. The number of carbonyl (C=O) groups is 1. The molecule has 2 aromatic carbocycles. The van der Waals surface area contributed by atoms with Crippen LogP contribution in [0.5, 0.6) is 0 Å². The summed E-state index contributed by atoms with van der Waals surface area (Å²) in [5.74, 6) is -0.199. The molecule has 1 amide bonds. The average molecular weight is 446 g/mol. The first-order valence-electron chi connectivity index (χ1n) is 6.57. The van der Waals surface area contributed by atoms with E-state index < -0.39 is 0 Å². The monoisotopic (exact) mass is 445 g/mol. The van der Waals surface area contributed by atoms with Crippen LogP contribution in [0.1, 0.15) is 16.7 Å². The van der Waals surface area contributed by atoms with Gasteiger partial charge in [0.1, 0.15) is 0 Å². The highest BCUT2D eigenvalue weighted by Crippen LogP contribution is 2.23. The third-order valence-electron chi connectivity index (χ3n) is 3.14. The van der Waals surface area contributed by atoms with E-state index in [2.05, 4.69) is 27.9 Å². The first kappa shape index (κ1) is 17.3. The molecule has 0 spiro atoms. The van der Waals surface area contributed by atoms with E-state index in [0.29, 0.717) is 10.0 Å². The Bertz CT molecular complexity index is 757. The number of benzene rings is 2. The van der Waals surface area contributed by atoms with Gasteiger partial charge in [0, 0.05) is 25.4 Å². The predicted octanol–water partition coefficient (Wildman–Crippen LogP) is 5.87. The zero-order chi connectivity index (χ0) is 16.3. The molecule has 2 aromatic rings. The number of hydrogen-bond acceptors (Lipinski definition) is 1. The van der Waals surface area contributed by atoms with Gasteiger partial charge in [-0.1, -0.05) is 29.3 Å². The SMILES string of the molecule is Cc1cc(NC(=O)/C=C/c2ccc(Cl)cc2Cl)c(C)cc1I. The number of nitrogens with one attached hydrogen (secondary N) is 1. The van der Waals surface area contributed by atoms with Crippen LogP contribution in [0.25, 0.3) is 6.08 Å². The van der Waals surface area contributed by atoms with Gasteiger partial charge in [-0.2, -0.15) is 0 Å². The molecule has 0 saturated carbocycles. The quantitative estimate of drug-likeness (QED) is 0.464. The van der Waals surface area contributed by atoms with Gasteiger partial charge >= 0.3 is 0 Å². The van der Waals surface area contributed by atoms with E-state index in [4.69, 9.17) is 23.2 Å². The number of anilines is 1.